The zero-order valence-corrected chi connectivity index (χ0v) is 59.5. The molecule has 0 aliphatic carbocycles. The van der Waals surface area contributed by atoms with Gasteiger partial charge in [-0.25, -0.2) is 0 Å². The number of hydrogen-bond acceptors (Lipinski definition) is 11. The second-order valence-electron chi connectivity index (χ2n) is 25.5. The summed E-state index contributed by atoms with van der Waals surface area (Å²) in [6.45, 7) is 28.4. The zero-order chi connectivity index (χ0) is 60.5. The predicted octanol–water partition coefficient (Wildman–Crippen LogP) is 27.4. The Morgan fingerprint density at radius 1 is 0.500 bits per heavy atom. The van der Waals surface area contributed by atoms with Gasteiger partial charge in [-0.1, -0.05) is 169 Å². The van der Waals surface area contributed by atoms with Crippen LogP contribution in [-0.4, -0.2) is 15.4 Å². The molecule has 0 N–H and O–H groups in total. The molecule has 0 aliphatic heterocycles. The van der Waals surface area contributed by atoms with E-state index in [0.717, 1.165) is 48.2 Å². The van der Waals surface area contributed by atoms with Crippen molar-refractivity contribution in [2.75, 3.05) is 6.61 Å². The number of aromatic nitrogens is 2. The number of thiophene rings is 7. The van der Waals surface area contributed by atoms with E-state index in [1.165, 1.54) is 208 Å². The maximum Gasteiger partial charge on any atom is 0.139 e. The Balaban J connectivity index is 0.885. The maximum atomic E-state index is 6.53. The monoisotopic (exact) mass is 1290 g/mol. The van der Waals surface area contributed by atoms with Crippen LogP contribution in [0.1, 0.15) is 204 Å². The normalized spacial score (nSPS) is 12.8. The smallest absolute Gasteiger partial charge is 0.139 e. The Kier molecular flexibility index (Phi) is 22.0. The van der Waals surface area contributed by atoms with Gasteiger partial charge in [-0.15, -0.1) is 79.4 Å². The Labute approximate surface area is 547 Å². The second kappa shape index (κ2) is 29.4. The summed E-state index contributed by atoms with van der Waals surface area (Å²) in [4.78, 5) is 18.7. The van der Waals surface area contributed by atoms with Gasteiger partial charge in [0.1, 0.15) is 16.8 Å². The molecule has 0 aliphatic rings. The third-order valence-corrected chi connectivity index (χ3v) is 26.4. The van der Waals surface area contributed by atoms with Crippen LogP contribution in [0, 0.1) is 6.92 Å². The third-order valence-electron chi connectivity index (χ3n) is 16.5. The SMILES string of the molecule is CCCCCCCC(/C=C(\C)c1ccc(-c2cc(C)c(-c3ccc(-c4ccc(-c5sc(-c6cccc(C(C)(C)C)c6)cc5CCCCCCC)s4)s3)s2)c2nsnc12)=C(/C)c1ccc(-c2ccc(-c3sc(C(C)(C)C)cc3OCCCCCC)s2)s1. The van der Waals surface area contributed by atoms with E-state index in [0.29, 0.717) is 0 Å². The lowest BCUT2D eigenvalue weighted by atomic mass is 9.86. The lowest BCUT2D eigenvalue weighted by Crippen LogP contribution is -2.10. The van der Waals surface area contributed by atoms with Gasteiger partial charge in [0.15, 0.2) is 0 Å². The van der Waals surface area contributed by atoms with Gasteiger partial charge in [0.2, 0.25) is 0 Å². The van der Waals surface area contributed by atoms with Crippen molar-refractivity contribution in [2.45, 2.75) is 197 Å². The third kappa shape index (κ3) is 15.5. The topological polar surface area (TPSA) is 35.0 Å². The van der Waals surface area contributed by atoms with Crippen molar-refractivity contribution in [1.29, 1.82) is 0 Å². The highest BCUT2D eigenvalue weighted by Crippen LogP contribution is 2.51. The number of hydrogen-bond donors (Lipinski definition) is 0. The molecule has 10 rings (SSSR count). The summed E-state index contributed by atoms with van der Waals surface area (Å²) in [5.41, 5.74) is 14.0. The molecule has 3 nitrogen and oxygen atoms in total. The van der Waals surface area contributed by atoms with Crippen LogP contribution < -0.4 is 4.74 Å². The molecule has 0 saturated carbocycles. The molecule has 8 aromatic heterocycles. The fourth-order valence-electron chi connectivity index (χ4n) is 11.2. The number of allylic oxidation sites excluding steroid dienone is 4. The van der Waals surface area contributed by atoms with Gasteiger partial charge >= 0.3 is 0 Å². The van der Waals surface area contributed by atoms with Crippen LogP contribution in [0.15, 0.2) is 115 Å². The van der Waals surface area contributed by atoms with Crippen LogP contribution in [0.25, 0.3) is 91.8 Å². The first-order chi connectivity index (χ1) is 41.5. The fraction of sp³-hybridized carbons (Fsp3) is 0.413. The Hall–Kier alpha value is -4.56. The highest BCUT2D eigenvalue weighted by atomic mass is 32.1. The van der Waals surface area contributed by atoms with E-state index >= 15 is 0 Å². The summed E-state index contributed by atoms with van der Waals surface area (Å²) in [6, 6.07) is 39.8. The van der Waals surface area contributed by atoms with Crippen molar-refractivity contribution in [3.05, 3.63) is 147 Å². The van der Waals surface area contributed by atoms with E-state index in [4.69, 9.17) is 13.5 Å². The van der Waals surface area contributed by atoms with Gasteiger partial charge in [-0.2, -0.15) is 8.75 Å². The van der Waals surface area contributed by atoms with E-state index in [1.54, 1.807) is 0 Å². The van der Waals surface area contributed by atoms with Gasteiger partial charge in [-0.05, 0) is 175 Å². The molecule has 0 unspecified atom stereocenters. The van der Waals surface area contributed by atoms with Crippen LogP contribution in [0.5, 0.6) is 5.75 Å². The van der Waals surface area contributed by atoms with Crippen LogP contribution in [-0.2, 0) is 17.3 Å². The minimum atomic E-state index is 0.0702. The minimum Gasteiger partial charge on any atom is -0.492 e. The van der Waals surface area contributed by atoms with Crippen LogP contribution in [0.4, 0.5) is 0 Å². The molecule has 0 atom stereocenters. The zero-order valence-electron chi connectivity index (χ0n) is 53.0. The summed E-state index contributed by atoms with van der Waals surface area (Å²) in [7, 11) is 0. The summed E-state index contributed by atoms with van der Waals surface area (Å²) < 4.78 is 16.6. The lowest BCUT2D eigenvalue weighted by Gasteiger charge is -2.19. The van der Waals surface area contributed by atoms with Crippen molar-refractivity contribution in [1.82, 2.24) is 8.75 Å². The average Bonchev–Trinajstić information content (AvgIpc) is 2.12. The summed E-state index contributed by atoms with van der Waals surface area (Å²) in [6.07, 6.45) is 22.2. The van der Waals surface area contributed by atoms with E-state index in [-0.39, 0.29) is 10.8 Å². The number of nitrogens with zero attached hydrogens (tertiary/aromatic N) is 2. The van der Waals surface area contributed by atoms with Crippen LogP contribution >= 0.6 is 91.1 Å². The number of aryl methyl sites for hydroxylation is 2. The first-order valence-electron chi connectivity index (χ1n) is 31.7. The molecule has 0 bridgehead atoms. The van der Waals surface area contributed by atoms with Crippen molar-refractivity contribution < 1.29 is 4.74 Å². The fourth-order valence-corrected chi connectivity index (χ4v) is 20.0. The number of fused-ring (bicyclic) bond motifs is 1. The highest BCUT2D eigenvalue weighted by Gasteiger charge is 2.25. The first kappa shape index (κ1) is 64.4. The van der Waals surface area contributed by atoms with E-state index in [9.17, 15) is 0 Å². The molecule has 2 aromatic carbocycles. The van der Waals surface area contributed by atoms with Gasteiger partial charge in [0.05, 0.1) is 23.2 Å². The number of rotatable bonds is 28. The average molecular weight is 1290 g/mol. The maximum absolute atomic E-state index is 6.53. The first-order valence-corrected chi connectivity index (χ1v) is 38.1. The summed E-state index contributed by atoms with van der Waals surface area (Å²) in [5, 5.41) is 0. The molecular formula is C75H88N2OS8. The Morgan fingerprint density at radius 3 is 1.77 bits per heavy atom. The Bertz CT molecular complexity index is 3910. The number of benzene rings is 2. The van der Waals surface area contributed by atoms with Gasteiger partial charge in [0.25, 0.3) is 0 Å². The van der Waals surface area contributed by atoms with Gasteiger partial charge in [0, 0.05) is 74.5 Å². The summed E-state index contributed by atoms with van der Waals surface area (Å²) >= 11 is 14.8. The minimum absolute atomic E-state index is 0.0702. The van der Waals surface area contributed by atoms with Crippen molar-refractivity contribution in [3.63, 3.8) is 0 Å². The molecule has 0 fully saturated rings. The van der Waals surface area contributed by atoms with Crippen molar-refractivity contribution in [3.8, 4) is 75.4 Å². The van der Waals surface area contributed by atoms with E-state index in [1.807, 2.05) is 79.4 Å². The number of ether oxygens (including phenoxy) is 1. The molecule has 86 heavy (non-hydrogen) atoms. The molecule has 0 spiro atoms. The van der Waals surface area contributed by atoms with E-state index < -0.39 is 0 Å². The standard InChI is InChI=1S/C75H88N2OS8/c1-13-16-19-22-24-28-51(50(6)58-34-35-59(79-58)60-38-41-65(82-60)73-57(78-42-26-21-18-15-3)47-68(85-73)75(10,11)12)43-48(4)55-32-33-56(70-69(55)76-86-77-70)67-44-49(5)71(84-67)63-39-36-61(80-63)62-37-40-64(81-62)72-53(29-25-23-20-17-14-2)46-66(83-72)52-30-27-31-54(45-52)74(7,8)9/h27,30-41,43-47H,13-26,28-29,42H2,1-12H3/b48-43+,51-50+. The van der Waals surface area contributed by atoms with Crippen LogP contribution in [0.2, 0.25) is 0 Å². The van der Waals surface area contributed by atoms with Crippen molar-refractivity contribution >= 4 is 113 Å². The molecule has 8 heterocycles. The molecule has 10 aromatic rings. The van der Waals surface area contributed by atoms with E-state index in [2.05, 4.69) is 192 Å². The lowest BCUT2D eigenvalue weighted by molar-refractivity contribution is 0.307. The number of unbranched alkanes of at least 4 members (excludes halogenated alkanes) is 11. The molecule has 0 saturated heterocycles. The molecule has 0 amide bonds. The highest BCUT2D eigenvalue weighted by molar-refractivity contribution is 7.29. The largest absolute Gasteiger partial charge is 0.492 e. The van der Waals surface area contributed by atoms with Crippen LogP contribution in [0.3, 0.4) is 0 Å². The van der Waals surface area contributed by atoms with Crippen molar-refractivity contribution in [2.24, 2.45) is 0 Å². The predicted molar refractivity (Wildman–Crippen MR) is 391 cm³/mol. The molecular weight excluding hydrogens is 1200 g/mol. The molecule has 452 valence electrons. The molecule has 11 heteroatoms. The molecule has 0 radical (unpaired) electrons. The summed E-state index contributed by atoms with van der Waals surface area (Å²) in [5.74, 6) is 1.05. The Morgan fingerprint density at radius 2 is 1.09 bits per heavy atom. The van der Waals surface area contributed by atoms with Gasteiger partial charge < -0.3 is 4.74 Å². The van der Waals surface area contributed by atoms with Gasteiger partial charge in [-0.3, -0.25) is 0 Å². The second-order valence-corrected chi connectivity index (χ2v) is 33.5. The quantitative estimate of drug-likeness (QED) is 0.0362.